The summed E-state index contributed by atoms with van der Waals surface area (Å²) in [6, 6.07) is 9.99. The Hall–Kier alpha value is -3.80. The molecule has 0 amide bonds. The summed E-state index contributed by atoms with van der Waals surface area (Å²) in [5, 5.41) is 12.6. The summed E-state index contributed by atoms with van der Waals surface area (Å²) in [5.41, 5.74) is 9.08. The number of imidazole rings is 1. The lowest BCUT2D eigenvalue weighted by atomic mass is 9.50. The second-order valence-corrected chi connectivity index (χ2v) is 7.53. The molecule has 0 radical (unpaired) electrons. The summed E-state index contributed by atoms with van der Waals surface area (Å²) in [6.07, 6.45) is 7.73. The van der Waals surface area contributed by atoms with E-state index in [-0.39, 0.29) is 12.8 Å². The Balaban J connectivity index is 1.71. The molecule has 0 spiro atoms. The van der Waals surface area contributed by atoms with Crippen LogP contribution in [-0.4, -0.2) is 47.7 Å². The van der Waals surface area contributed by atoms with Crippen LogP contribution in [0.3, 0.4) is 0 Å². The van der Waals surface area contributed by atoms with Gasteiger partial charge in [-0.2, -0.15) is 0 Å². The van der Waals surface area contributed by atoms with Gasteiger partial charge in [-0.25, -0.2) is 15.2 Å². The molecule has 1 saturated heterocycles. The molecule has 1 aromatic carbocycles. The van der Waals surface area contributed by atoms with Gasteiger partial charge < -0.3 is 15.8 Å². The second kappa shape index (κ2) is 8.92. The van der Waals surface area contributed by atoms with Crippen molar-refractivity contribution in [3.05, 3.63) is 48.4 Å². The lowest BCUT2D eigenvalue weighted by molar-refractivity contribution is 0.414. The minimum atomic E-state index is 0.128. The first-order chi connectivity index (χ1) is 15.2. The number of hydrogen-bond donors (Lipinski definition) is 2. The molecule has 0 saturated carbocycles. The number of nitrogens with one attached hydrogen (secondary N) is 1. The topological polar surface area (TPSA) is 114 Å². The first-order valence-corrected chi connectivity index (χ1v) is 10.2. The maximum absolute atomic E-state index is 9.14. The van der Waals surface area contributed by atoms with E-state index in [0.717, 1.165) is 52.9 Å². The van der Waals surface area contributed by atoms with Gasteiger partial charge in [0.2, 0.25) is 0 Å². The number of ether oxygens (including phenoxy) is 1. The summed E-state index contributed by atoms with van der Waals surface area (Å²) in [6.45, 7) is 0.128. The minimum absolute atomic E-state index is 0.128. The number of nitrogens with two attached hydrogens (primary N) is 1. The van der Waals surface area contributed by atoms with Gasteiger partial charge in [0.15, 0.2) is 0 Å². The summed E-state index contributed by atoms with van der Waals surface area (Å²) >= 11 is 0. The summed E-state index contributed by atoms with van der Waals surface area (Å²) < 4.78 is 7.49. The number of nitriles is 1. The largest absolute Gasteiger partial charge is 0.496 e. The average Bonchev–Trinajstić information content (AvgIpc) is 3.43. The van der Waals surface area contributed by atoms with Crippen molar-refractivity contribution in [1.82, 2.24) is 14.5 Å². The molecule has 4 rings (SSSR count). The number of fused-ring (bicyclic) bond motifs is 1. The van der Waals surface area contributed by atoms with Crippen molar-refractivity contribution in [2.75, 3.05) is 19.5 Å². The van der Waals surface area contributed by atoms with E-state index in [1.165, 1.54) is 6.20 Å². The van der Waals surface area contributed by atoms with Crippen molar-refractivity contribution in [1.29, 1.82) is 5.26 Å². The molecule has 0 aliphatic carbocycles. The predicted molar refractivity (Wildman–Crippen MR) is 125 cm³/mol. The van der Waals surface area contributed by atoms with Gasteiger partial charge in [-0.3, -0.25) is 9.56 Å². The fourth-order valence-corrected chi connectivity index (χ4v) is 4.03. The van der Waals surface area contributed by atoms with Crippen molar-refractivity contribution >= 4 is 35.4 Å². The summed E-state index contributed by atoms with van der Waals surface area (Å²) in [7, 11) is 3.32. The van der Waals surface area contributed by atoms with Gasteiger partial charge in [-0.1, -0.05) is 12.4 Å². The number of methoxy groups -OCH3 is 1. The molecule has 0 bridgehead atoms. The van der Waals surface area contributed by atoms with Crippen molar-refractivity contribution < 1.29 is 4.74 Å². The monoisotopic (exact) mass is 413 g/mol. The van der Waals surface area contributed by atoms with E-state index in [9.17, 15) is 0 Å². The molecular weight excluding hydrogens is 389 g/mol. The highest BCUT2D eigenvalue weighted by molar-refractivity contribution is 6.67. The number of anilines is 1. The molecule has 3 N–H and O–H groups in total. The Morgan fingerprint density at radius 2 is 2.32 bits per heavy atom. The van der Waals surface area contributed by atoms with E-state index in [1.807, 2.05) is 34.9 Å². The molecular formula is C22H24BN7O. The maximum Gasteiger partial charge on any atom is 0.269 e. The highest BCUT2D eigenvalue weighted by atomic mass is 16.5. The van der Waals surface area contributed by atoms with Crippen LogP contribution in [-0.2, 0) is 0 Å². The predicted octanol–water partition coefficient (Wildman–Crippen LogP) is 3.17. The first-order valence-electron chi connectivity index (χ1n) is 10.2. The number of allylic oxidation sites excluding steroid dienone is 1. The van der Waals surface area contributed by atoms with Gasteiger partial charge in [0.25, 0.3) is 6.71 Å². The van der Waals surface area contributed by atoms with Gasteiger partial charge in [0.05, 0.1) is 18.1 Å². The van der Waals surface area contributed by atoms with Gasteiger partial charge in [-0.15, -0.1) is 0 Å². The van der Waals surface area contributed by atoms with E-state index in [1.54, 1.807) is 26.7 Å². The number of benzene rings is 1. The van der Waals surface area contributed by atoms with Crippen LogP contribution in [0.25, 0.3) is 22.4 Å². The Kier molecular flexibility index (Phi) is 5.89. The molecule has 156 valence electrons. The average molecular weight is 413 g/mol. The fourth-order valence-electron chi connectivity index (χ4n) is 4.03. The summed E-state index contributed by atoms with van der Waals surface area (Å²) in [5.74, 6) is 4.58. The number of nitrogens with zero attached hydrogens (tertiary/aromatic N) is 5. The van der Waals surface area contributed by atoms with Crippen LogP contribution in [0.15, 0.2) is 47.9 Å². The zero-order valence-corrected chi connectivity index (χ0v) is 17.6. The van der Waals surface area contributed by atoms with Crippen LogP contribution in [0.4, 0.5) is 5.82 Å². The molecule has 2 aromatic heterocycles. The van der Waals surface area contributed by atoms with Crippen LogP contribution in [0.2, 0.25) is 12.6 Å². The highest BCUT2D eigenvalue weighted by Crippen LogP contribution is 2.31. The lowest BCUT2D eigenvalue weighted by Gasteiger charge is -2.14. The molecule has 1 unspecified atom stereocenters. The Bertz CT molecular complexity index is 1190. The quantitative estimate of drug-likeness (QED) is 0.474. The molecule has 1 aliphatic rings. The van der Waals surface area contributed by atoms with Crippen LogP contribution < -0.4 is 15.8 Å². The molecule has 1 atom stereocenters. The van der Waals surface area contributed by atoms with E-state index in [4.69, 9.17) is 20.7 Å². The molecule has 3 heterocycles. The summed E-state index contributed by atoms with van der Waals surface area (Å²) in [4.78, 5) is 13.4. The van der Waals surface area contributed by atoms with Crippen molar-refractivity contribution in [2.45, 2.75) is 25.1 Å². The Morgan fingerprint density at radius 1 is 1.45 bits per heavy atom. The minimum Gasteiger partial charge on any atom is -0.496 e. The smallest absolute Gasteiger partial charge is 0.269 e. The zero-order valence-electron chi connectivity index (χ0n) is 17.6. The SMILES string of the molecule is CN=CC(=CN)c1cc2c(cc1OC)ncn2-c1cccc(NC2CCB(C#N)C2)n1. The third-order valence-electron chi connectivity index (χ3n) is 5.58. The Labute approximate surface area is 181 Å². The van der Waals surface area contributed by atoms with E-state index in [2.05, 4.69) is 21.3 Å². The number of pyridine rings is 1. The fraction of sp³-hybridized carbons (Fsp3) is 0.273. The third-order valence-corrected chi connectivity index (χ3v) is 5.58. The normalized spacial score (nSPS) is 16.7. The number of rotatable bonds is 6. The maximum atomic E-state index is 9.14. The van der Waals surface area contributed by atoms with Crippen LogP contribution >= 0.6 is 0 Å². The number of aromatic nitrogens is 3. The van der Waals surface area contributed by atoms with Crippen LogP contribution in [0.5, 0.6) is 5.75 Å². The highest BCUT2D eigenvalue weighted by Gasteiger charge is 2.28. The van der Waals surface area contributed by atoms with Crippen molar-refractivity contribution in [2.24, 2.45) is 10.7 Å². The van der Waals surface area contributed by atoms with Crippen LogP contribution in [0, 0.1) is 11.2 Å². The second-order valence-electron chi connectivity index (χ2n) is 7.53. The lowest BCUT2D eigenvalue weighted by Crippen LogP contribution is -2.17. The van der Waals surface area contributed by atoms with Crippen molar-refractivity contribution in [3.63, 3.8) is 0 Å². The molecule has 1 aliphatic heterocycles. The molecule has 3 aromatic rings. The van der Waals surface area contributed by atoms with E-state index < -0.39 is 0 Å². The Morgan fingerprint density at radius 3 is 3.03 bits per heavy atom. The standard InChI is InChI=1S/C22H24BN7O/c1-26-12-15(11-24)17-8-19-18(9-20(17)31-2)27-14-30(19)22-5-3-4-21(29-22)28-16-6-7-23(10-16)13-25/h3-5,8-9,11-12,14,16H,6-7,10,24H2,1-2H3,(H,28,29). The van der Waals surface area contributed by atoms with E-state index in [0.29, 0.717) is 5.75 Å². The number of hydrogen-bond acceptors (Lipinski definition) is 7. The molecule has 9 heteroatoms. The van der Waals surface area contributed by atoms with Gasteiger partial charge >= 0.3 is 0 Å². The first kappa shape index (κ1) is 20.5. The molecule has 8 nitrogen and oxygen atoms in total. The van der Waals surface area contributed by atoms with Gasteiger partial charge in [-0.05, 0) is 30.9 Å². The van der Waals surface area contributed by atoms with Gasteiger partial charge in [0, 0.05) is 48.7 Å². The number of aliphatic imine (C=N–C) groups is 1. The molecule has 1 fully saturated rings. The van der Waals surface area contributed by atoms with Crippen LogP contribution in [0.1, 0.15) is 12.0 Å². The third kappa shape index (κ3) is 4.10. The zero-order chi connectivity index (χ0) is 21.8. The van der Waals surface area contributed by atoms with E-state index >= 15 is 0 Å². The van der Waals surface area contributed by atoms with Crippen molar-refractivity contribution in [3.8, 4) is 17.5 Å². The molecule has 31 heavy (non-hydrogen) atoms. The van der Waals surface area contributed by atoms with Gasteiger partial charge in [0.1, 0.15) is 23.7 Å².